The predicted molar refractivity (Wildman–Crippen MR) is 93.0 cm³/mol. The van der Waals surface area contributed by atoms with E-state index in [9.17, 15) is 4.79 Å². The van der Waals surface area contributed by atoms with Crippen LogP contribution in [0.5, 0.6) is 0 Å². The van der Waals surface area contributed by atoms with Crippen molar-refractivity contribution in [2.24, 2.45) is 5.92 Å². The molecule has 2 fully saturated rings. The van der Waals surface area contributed by atoms with Gasteiger partial charge >= 0.3 is 0 Å². The minimum Gasteiger partial charge on any atom is -0.383 e. The van der Waals surface area contributed by atoms with E-state index in [0.29, 0.717) is 25.5 Å². The lowest BCUT2D eigenvalue weighted by atomic mass is 10.0. The summed E-state index contributed by atoms with van der Waals surface area (Å²) in [6.07, 6.45) is 6.55. The number of nitrogens with zero attached hydrogens (tertiary/aromatic N) is 4. The molecule has 2 aliphatic heterocycles. The highest BCUT2D eigenvalue weighted by Crippen LogP contribution is 2.22. The summed E-state index contributed by atoms with van der Waals surface area (Å²) in [5.74, 6) is 1.56. The van der Waals surface area contributed by atoms with Gasteiger partial charge in [-0.05, 0) is 37.3 Å². The minimum absolute atomic E-state index is 0.228. The Morgan fingerprint density at radius 3 is 2.62 bits per heavy atom. The quantitative estimate of drug-likeness (QED) is 0.796. The molecule has 1 aromatic rings. The second-order valence-electron chi connectivity index (χ2n) is 6.89. The van der Waals surface area contributed by atoms with Crippen LogP contribution < -0.4 is 4.90 Å². The fourth-order valence-electron chi connectivity index (χ4n) is 3.63. The Balaban J connectivity index is 1.53. The van der Waals surface area contributed by atoms with Gasteiger partial charge in [-0.2, -0.15) is 5.10 Å². The van der Waals surface area contributed by atoms with Crippen LogP contribution in [0.4, 0.5) is 5.82 Å². The number of likely N-dealkylation sites (tertiary alicyclic amines) is 1. The summed E-state index contributed by atoms with van der Waals surface area (Å²) >= 11 is 0. The summed E-state index contributed by atoms with van der Waals surface area (Å²) in [6.45, 7) is 4.26. The summed E-state index contributed by atoms with van der Waals surface area (Å²) in [5.41, 5.74) is 0.986. The van der Waals surface area contributed by atoms with Crippen LogP contribution in [0.2, 0.25) is 0 Å². The molecule has 0 aliphatic carbocycles. The van der Waals surface area contributed by atoms with Gasteiger partial charge in [0.05, 0.1) is 12.3 Å². The molecule has 0 bridgehead atoms. The van der Waals surface area contributed by atoms with E-state index < -0.39 is 0 Å². The van der Waals surface area contributed by atoms with E-state index in [1.807, 2.05) is 4.90 Å². The summed E-state index contributed by atoms with van der Waals surface area (Å²) in [7, 11) is 1.67. The highest BCUT2D eigenvalue weighted by atomic mass is 16.5. The van der Waals surface area contributed by atoms with Gasteiger partial charge < -0.3 is 14.5 Å². The van der Waals surface area contributed by atoms with Gasteiger partial charge in [0.15, 0.2) is 5.82 Å². The first-order valence-electron chi connectivity index (χ1n) is 9.10. The second-order valence-corrected chi connectivity index (χ2v) is 6.89. The Morgan fingerprint density at radius 2 is 1.96 bits per heavy atom. The van der Waals surface area contributed by atoms with E-state index in [1.54, 1.807) is 7.11 Å². The van der Waals surface area contributed by atoms with Crippen LogP contribution in [0.3, 0.4) is 0 Å². The van der Waals surface area contributed by atoms with Crippen molar-refractivity contribution in [3.8, 4) is 0 Å². The molecule has 24 heavy (non-hydrogen) atoms. The van der Waals surface area contributed by atoms with Gasteiger partial charge in [-0.1, -0.05) is 12.8 Å². The summed E-state index contributed by atoms with van der Waals surface area (Å²) in [4.78, 5) is 16.2. The zero-order valence-electron chi connectivity index (χ0n) is 14.6. The molecule has 0 saturated carbocycles. The molecule has 6 heteroatoms. The lowest BCUT2D eigenvalue weighted by Gasteiger charge is -2.20. The smallest absolute Gasteiger partial charge is 0.223 e. The fraction of sp³-hybridized carbons (Fsp3) is 0.722. The minimum atomic E-state index is 0.228. The van der Waals surface area contributed by atoms with Gasteiger partial charge in [-0.25, -0.2) is 0 Å². The van der Waals surface area contributed by atoms with Crippen molar-refractivity contribution in [3.05, 3.63) is 17.8 Å². The van der Waals surface area contributed by atoms with Crippen LogP contribution in [0, 0.1) is 5.92 Å². The van der Waals surface area contributed by atoms with Crippen molar-refractivity contribution in [1.29, 1.82) is 0 Å². The Bertz CT molecular complexity index is 526. The van der Waals surface area contributed by atoms with Crippen molar-refractivity contribution in [2.75, 3.05) is 44.8 Å². The molecule has 0 aromatic carbocycles. The molecule has 132 valence electrons. The number of aromatic nitrogens is 2. The van der Waals surface area contributed by atoms with Gasteiger partial charge in [-0.3, -0.25) is 4.79 Å². The number of rotatable bonds is 6. The van der Waals surface area contributed by atoms with Crippen LogP contribution in [-0.2, 0) is 16.0 Å². The molecule has 0 N–H and O–H groups in total. The lowest BCUT2D eigenvalue weighted by Crippen LogP contribution is -2.29. The van der Waals surface area contributed by atoms with Gasteiger partial charge in [0.1, 0.15) is 0 Å². The standard InChI is InChI=1S/C18H28N4O2/c1-24-11-10-22-14-15(13-18(22)23)12-16-6-7-17(20-19-16)21-8-4-2-3-5-9-21/h6-7,15H,2-5,8-14H2,1H3. The van der Waals surface area contributed by atoms with Crippen molar-refractivity contribution < 1.29 is 9.53 Å². The van der Waals surface area contributed by atoms with Gasteiger partial charge in [0.2, 0.25) is 5.91 Å². The SMILES string of the molecule is COCCN1CC(Cc2ccc(N3CCCCCC3)nn2)CC1=O. The van der Waals surface area contributed by atoms with E-state index in [4.69, 9.17) is 4.74 Å². The van der Waals surface area contributed by atoms with E-state index in [2.05, 4.69) is 27.2 Å². The van der Waals surface area contributed by atoms with Crippen LogP contribution in [-0.4, -0.2) is 60.9 Å². The molecular formula is C18H28N4O2. The summed E-state index contributed by atoms with van der Waals surface area (Å²) in [5, 5.41) is 8.85. The molecule has 2 saturated heterocycles. The lowest BCUT2D eigenvalue weighted by molar-refractivity contribution is -0.128. The van der Waals surface area contributed by atoms with Crippen LogP contribution in [0.1, 0.15) is 37.8 Å². The number of methoxy groups -OCH3 is 1. The van der Waals surface area contributed by atoms with Gasteiger partial charge in [0.25, 0.3) is 0 Å². The number of carbonyl (C=O) groups is 1. The predicted octanol–water partition coefficient (Wildman–Crippen LogP) is 1.89. The molecule has 1 atom stereocenters. The summed E-state index contributed by atoms with van der Waals surface area (Å²) < 4.78 is 5.06. The number of hydrogen-bond acceptors (Lipinski definition) is 5. The average molecular weight is 332 g/mol. The van der Waals surface area contributed by atoms with Crippen molar-refractivity contribution in [3.63, 3.8) is 0 Å². The fourth-order valence-corrected chi connectivity index (χ4v) is 3.63. The Hall–Kier alpha value is -1.69. The number of anilines is 1. The molecule has 0 spiro atoms. The topological polar surface area (TPSA) is 58.6 Å². The number of carbonyl (C=O) groups excluding carboxylic acids is 1. The van der Waals surface area contributed by atoms with Crippen LogP contribution >= 0.6 is 0 Å². The van der Waals surface area contributed by atoms with Crippen molar-refractivity contribution in [1.82, 2.24) is 15.1 Å². The Labute approximate surface area is 144 Å². The zero-order valence-corrected chi connectivity index (χ0v) is 14.6. The maximum absolute atomic E-state index is 12.0. The first kappa shape index (κ1) is 17.1. The molecule has 0 radical (unpaired) electrons. The third-order valence-corrected chi connectivity index (χ3v) is 4.99. The highest BCUT2D eigenvalue weighted by Gasteiger charge is 2.29. The molecule has 1 unspecified atom stereocenters. The van der Waals surface area contributed by atoms with E-state index in [-0.39, 0.29) is 5.91 Å². The van der Waals surface area contributed by atoms with Crippen LogP contribution in [0.15, 0.2) is 12.1 Å². The normalized spacial score (nSPS) is 22.0. The number of hydrogen-bond donors (Lipinski definition) is 0. The molecule has 6 nitrogen and oxygen atoms in total. The molecule has 3 rings (SSSR count). The average Bonchev–Trinajstić information content (AvgIpc) is 2.79. The molecule has 2 aliphatic rings. The van der Waals surface area contributed by atoms with Crippen molar-refractivity contribution in [2.45, 2.75) is 38.5 Å². The maximum Gasteiger partial charge on any atom is 0.223 e. The van der Waals surface area contributed by atoms with Crippen LogP contribution in [0.25, 0.3) is 0 Å². The Morgan fingerprint density at radius 1 is 1.17 bits per heavy atom. The Kier molecular flexibility index (Phi) is 6.01. The van der Waals surface area contributed by atoms with E-state index in [1.165, 1.54) is 25.7 Å². The second kappa shape index (κ2) is 8.42. The van der Waals surface area contributed by atoms with Crippen molar-refractivity contribution >= 4 is 11.7 Å². The molecule has 1 amide bonds. The zero-order chi connectivity index (χ0) is 16.8. The first-order chi connectivity index (χ1) is 11.8. The monoisotopic (exact) mass is 332 g/mol. The summed E-state index contributed by atoms with van der Waals surface area (Å²) in [6, 6.07) is 4.17. The number of ether oxygens (including phenoxy) is 1. The maximum atomic E-state index is 12.0. The third kappa shape index (κ3) is 4.44. The molecule has 3 heterocycles. The van der Waals surface area contributed by atoms with E-state index >= 15 is 0 Å². The third-order valence-electron chi connectivity index (χ3n) is 4.99. The first-order valence-corrected chi connectivity index (χ1v) is 9.10. The largest absolute Gasteiger partial charge is 0.383 e. The van der Waals surface area contributed by atoms with Gasteiger partial charge in [-0.15, -0.1) is 5.10 Å². The highest BCUT2D eigenvalue weighted by molar-refractivity contribution is 5.78. The van der Waals surface area contributed by atoms with E-state index in [0.717, 1.165) is 37.6 Å². The number of amides is 1. The van der Waals surface area contributed by atoms with Gasteiger partial charge in [0, 0.05) is 39.7 Å². The molecular weight excluding hydrogens is 304 g/mol. The molecule has 1 aromatic heterocycles.